The van der Waals surface area contributed by atoms with Gasteiger partial charge in [0, 0.05) is 11.1 Å². The zero-order valence-electron chi connectivity index (χ0n) is 12.3. The van der Waals surface area contributed by atoms with Crippen molar-refractivity contribution in [2.24, 2.45) is 5.84 Å². The third-order valence-electron chi connectivity index (χ3n) is 3.69. The molecule has 2 aromatic carbocycles. The molecule has 0 heterocycles. The lowest BCUT2D eigenvalue weighted by atomic mass is 9.95. The van der Waals surface area contributed by atoms with Gasteiger partial charge in [-0.3, -0.25) is 11.3 Å². The Morgan fingerprint density at radius 2 is 1.81 bits per heavy atom. The molecule has 0 aliphatic rings. The molecule has 1 unspecified atom stereocenters. The molecule has 0 radical (unpaired) electrons. The standard InChI is InChI=1S/C17H20ClFN2/c1-11-3-4-12(2)14(7-11)9-16(21-20)8-13-5-6-15(19)10-17(13)18/h3-7,10,16,21H,8-9,20H2,1-2H3. The van der Waals surface area contributed by atoms with Crippen molar-refractivity contribution in [2.75, 3.05) is 0 Å². The molecule has 0 bridgehead atoms. The molecule has 21 heavy (non-hydrogen) atoms. The summed E-state index contributed by atoms with van der Waals surface area (Å²) in [6.45, 7) is 4.16. The van der Waals surface area contributed by atoms with E-state index >= 15 is 0 Å². The number of hydrogen-bond donors (Lipinski definition) is 2. The van der Waals surface area contributed by atoms with Gasteiger partial charge in [-0.25, -0.2) is 4.39 Å². The topological polar surface area (TPSA) is 38.0 Å². The van der Waals surface area contributed by atoms with E-state index in [0.29, 0.717) is 11.4 Å². The molecule has 0 aliphatic heterocycles. The van der Waals surface area contributed by atoms with Crippen LogP contribution in [0.1, 0.15) is 22.3 Å². The summed E-state index contributed by atoms with van der Waals surface area (Å²) in [6, 6.07) is 10.9. The van der Waals surface area contributed by atoms with Crippen molar-refractivity contribution < 1.29 is 4.39 Å². The van der Waals surface area contributed by atoms with Crippen molar-refractivity contribution in [1.82, 2.24) is 5.43 Å². The molecule has 0 spiro atoms. The molecule has 2 aromatic rings. The van der Waals surface area contributed by atoms with Crippen LogP contribution in [0.5, 0.6) is 0 Å². The Bertz CT molecular complexity index is 628. The molecule has 0 amide bonds. The molecule has 0 saturated carbocycles. The second-order valence-corrected chi connectivity index (χ2v) is 5.84. The number of aryl methyl sites for hydroxylation is 2. The van der Waals surface area contributed by atoms with Gasteiger partial charge in [-0.2, -0.15) is 0 Å². The van der Waals surface area contributed by atoms with Crippen LogP contribution in [0, 0.1) is 19.7 Å². The Morgan fingerprint density at radius 3 is 2.48 bits per heavy atom. The fraction of sp³-hybridized carbons (Fsp3) is 0.294. The Morgan fingerprint density at radius 1 is 1.10 bits per heavy atom. The Hall–Kier alpha value is -1.42. The van der Waals surface area contributed by atoms with Crippen molar-refractivity contribution >= 4 is 11.6 Å². The summed E-state index contributed by atoms with van der Waals surface area (Å²) in [5, 5.41) is 0.441. The number of nitrogens with two attached hydrogens (primary N) is 1. The van der Waals surface area contributed by atoms with Gasteiger partial charge in [0.15, 0.2) is 0 Å². The molecule has 4 heteroatoms. The molecule has 0 aliphatic carbocycles. The number of hydrogen-bond acceptors (Lipinski definition) is 2. The van der Waals surface area contributed by atoms with Crippen molar-refractivity contribution in [3.05, 3.63) is 69.5 Å². The van der Waals surface area contributed by atoms with Crippen LogP contribution < -0.4 is 11.3 Å². The molecule has 0 aromatic heterocycles. The summed E-state index contributed by atoms with van der Waals surface area (Å²) in [5.41, 5.74) is 7.46. The summed E-state index contributed by atoms with van der Waals surface area (Å²) in [4.78, 5) is 0. The van der Waals surface area contributed by atoms with Gasteiger partial charge in [0.05, 0.1) is 0 Å². The maximum atomic E-state index is 13.1. The number of hydrazine groups is 1. The van der Waals surface area contributed by atoms with Gasteiger partial charge in [-0.1, -0.05) is 41.4 Å². The molecule has 112 valence electrons. The van der Waals surface area contributed by atoms with E-state index in [-0.39, 0.29) is 11.9 Å². The molecular weight excluding hydrogens is 287 g/mol. The lowest BCUT2D eigenvalue weighted by molar-refractivity contribution is 0.521. The van der Waals surface area contributed by atoms with Crippen LogP contribution in [0.3, 0.4) is 0 Å². The molecule has 2 nitrogen and oxygen atoms in total. The van der Waals surface area contributed by atoms with Gasteiger partial charge in [0.25, 0.3) is 0 Å². The average molecular weight is 307 g/mol. The zero-order valence-corrected chi connectivity index (χ0v) is 13.0. The smallest absolute Gasteiger partial charge is 0.124 e. The van der Waals surface area contributed by atoms with Crippen LogP contribution in [-0.4, -0.2) is 6.04 Å². The monoisotopic (exact) mass is 306 g/mol. The van der Waals surface area contributed by atoms with E-state index in [1.807, 2.05) is 0 Å². The van der Waals surface area contributed by atoms with Gasteiger partial charge >= 0.3 is 0 Å². The second kappa shape index (κ2) is 7.03. The molecular formula is C17H20ClFN2. The molecule has 0 fully saturated rings. The van der Waals surface area contributed by atoms with Gasteiger partial charge in [-0.05, 0) is 55.5 Å². The van der Waals surface area contributed by atoms with Gasteiger partial charge < -0.3 is 0 Å². The van der Waals surface area contributed by atoms with E-state index in [9.17, 15) is 4.39 Å². The van der Waals surface area contributed by atoms with Crippen LogP contribution in [0.4, 0.5) is 4.39 Å². The molecule has 0 saturated heterocycles. The van der Waals surface area contributed by atoms with Crippen LogP contribution in [0.25, 0.3) is 0 Å². The Labute approximate surface area is 130 Å². The van der Waals surface area contributed by atoms with E-state index < -0.39 is 0 Å². The van der Waals surface area contributed by atoms with E-state index in [1.165, 1.54) is 28.8 Å². The molecule has 3 N–H and O–H groups in total. The average Bonchev–Trinajstić information content (AvgIpc) is 2.44. The quantitative estimate of drug-likeness (QED) is 0.653. The molecule has 2 rings (SSSR count). The molecule has 1 atom stereocenters. The predicted molar refractivity (Wildman–Crippen MR) is 85.8 cm³/mol. The lowest BCUT2D eigenvalue weighted by Crippen LogP contribution is -2.38. The first-order valence-corrected chi connectivity index (χ1v) is 7.33. The Balaban J connectivity index is 2.14. The van der Waals surface area contributed by atoms with E-state index in [4.69, 9.17) is 17.4 Å². The SMILES string of the molecule is Cc1ccc(C)c(CC(Cc2ccc(F)cc2Cl)NN)c1. The first-order valence-electron chi connectivity index (χ1n) is 6.95. The summed E-state index contributed by atoms with van der Waals surface area (Å²) in [5.74, 6) is 5.35. The first-order chi connectivity index (χ1) is 9.99. The maximum absolute atomic E-state index is 13.1. The highest BCUT2D eigenvalue weighted by Crippen LogP contribution is 2.20. The third kappa shape index (κ3) is 4.27. The third-order valence-corrected chi connectivity index (χ3v) is 4.04. The first kappa shape index (κ1) is 16.0. The van der Waals surface area contributed by atoms with Crippen LogP contribution >= 0.6 is 11.6 Å². The van der Waals surface area contributed by atoms with E-state index in [0.717, 1.165) is 12.0 Å². The summed E-state index contributed by atoms with van der Waals surface area (Å²) >= 11 is 6.08. The van der Waals surface area contributed by atoms with Gasteiger partial charge in [0.1, 0.15) is 5.82 Å². The fourth-order valence-corrected chi connectivity index (χ4v) is 2.67. The minimum absolute atomic E-state index is 0.0495. The number of benzene rings is 2. The Kier molecular flexibility index (Phi) is 5.34. The van der Waals surface area contributed by atoms with Crippen LogP contribution in [0.15, 0.2) is 36.4 Å². The summed E-state index contributed by atoms with van der Waals surface area (Å²) in [6.07, 6.45) is 1.46. The minimum atomic E-state index is -0.324. The highest BCUT2D eigenvalue weighted by Gasteiger charge is 2.13. The fourth-order valence-electron chi connectivity index (χ4n) is 2.43. The number of nitrogens with one attached hydrogen (secondary N) is 1. The highest BCUT2D eigenvalue weighted by molar-refractivity contribution is 6.31. The van der Waals surface area contributed by atoms with Crippen molar-refractivity contribution in [1.29, 1.82) is 0 Å². The van der Waals surface area contributed by atoms with Crippen molar-refractivity contribution in [3.63, 3.8) is 0 Å². The predicted octanol–water partition coefficient (Wildman–Crippen LogP) is 3.71. The van der Waals surface area contributed by atoms with Crippen molar-refractivity contribution in [2.45, 2.75) is 32.7 Å². The van der Waals surface area contributed by atoms with Crippen LogP contribution in [0.2, 0.25) is 5.02 Å². The van der Waals surface area contributed by atoms with Gasteiger partial charge in [-0.15, -0.1) is 0 Å². The zero-order chi connectivity index (χ0) is 15.4. The summed E-state index contributed by atoms with van der Waals surface area (Å²) in [7, 11) is 0. The van der Waals surface area contributed by atoms with Gasteiger partial charge in [0.2, 0.25) is 0 Å². The van der Waals surface area contributed by atoms with Crippen molar-refractivity contribution in [3.8, 4) is 0 Å². The second-order valence-electron chi connectivity index (χ2n) is 5.44. The number of halogens is 2. The lowest BCUT2D eigenvalue weighted by Gasteiger charge is -2.18. The number of rotatable bonds is 5. The highest BCUT2D eigenvalue weighted by atomic mass is 35.5. The van der Waals surface area contributed by atoms with E-state index in [1.54, 1.807) is 6.07 Å². The van der Waals surface area contributed by atoms with Crippen LogP contribution in [-0.2, 0) is 12.8 Å². The summed E-state index contributed by atoms with van der Waals surface area (Å²) < 4.78 is 13.1. The largest absolute Gasteiger partial charge is 0.271 e. The maximum Gasteiger partial charge on any atom is 0.124 e. The minimum Gasteiger partial charge on any atom is -0.271 e. The normalized spacial score (nSPS) is 12.4. The van der Waals surface area contributed by atoms with E-state index in [2.05, 4.69) is 37.5 Å².